The van der Waals surface area contributed by atoms with E-state index in [0.717, 1.165) is 0 Å². The Morgan fingerprint density at radius 1 is 1.18 bits per heavy atom. The van der Waals surface area contributed by atoms with Gasteiger partial charge in [-0.25, -0.2) is 0 Å². The Labute approximate surface area is 127 Å². The third-order valence-corrected chi connectivity index (χ3v) is 3.66. The molecule has 114 valence electrons. The van der Waals surface area contributed by atoms with E-state index < -0.39 is 22.7 Å². The van der Waals surface area contributed by atoms with Crippen molar-refractivity contribution in [1.29, 1.82) is 0 Å². The monoisotopic (exact) mass is 300 g/mol. The van der Waals surface area contributed by atoms with Crippen LogP contribution in [-0.2, 0) is 0 Å². The Morgan fingerprint density at radius 2 is 1.82 bits per heavy atom. The van der Waals surface area contributed by atoms with Crippen molar-refractivity contribution in [1.82, 2.24) is 0 Å². The van der Waals surface area contributed by atoms with Crippen LogP contribution in [0.3, 0.4) is 0 Å². The molecule has 0 spiro atoms. The van der Waals surface area contributed by atoms with Crippen LogP contribution in [0.1, 0.15) is 35.3 Å². The number of Topliss-reactive ketones (excluding diaryl/α,β-unsaturated/α-hetero) is 1. The molecule has 6 nitrogen and oxygen atoms in total. The van der Waals surface area contributed by atoms with Gasteiger partial charge in [0.25, 0.3) is 5.69 Å². The predicted molar refractivity (Wildman–Crippen MR) is 80.0 cm³/mol. The molecular weight excluding hydrogens is 284 g/mol. The Bertz CT molecular complexity index is 673. The van der Waals surface area contributed by atoms with Crippen LogP contribution in [0.5, 0.6) is 0 Å². The summed E-state index contributed by atoms with van der Waals surface area (Å²) in [4.78, 5) is 23.1. The number of benzene rings is 1. The van der Waals surface area contributed by atoms with Gasteiger partial charge in [0.1, 0.15) is 0 Å². The standard InChI is InChI=1S/C16H16N2O4/c1-12(18(21)22)14(13-7-3-2-4-8-13)11-16(19)15-9-5-6-10-17(15)20/h2-10,12,14H,11H2,1H3/t12-,14+/m1/s1. The summed E-state index contributed by atoms with van der Waals surface area (Å²) in [5, 5.41) is 22.8. The molecule has 0 bridgehead atoms. The molecule has 6 heteroatoms. The molecule has 1 aromatic carbocycles. The van der Waals surface area contributed by atoms with E-state index in [2.05, 4.69) is 0 Å². The molecule has 0 aliphatic heterocycles. The Morgan fingerprint density at radius 3 is 2.41 bits per heavy atom. The molecule has 1 aromatic heterocycles. The van der Waals surface area contributed by atoms with Crippen molar-refractivity contribution in [3.63, 3.8) is 0 Å². The highest BCUT2D eigenvalue weighted by atomic mass is 16.6. The molecule has 0 saturated heterocycles. The van der Waals surface area contributed by atoms with E-state index in [0.29, 0.717) is 10.3 Å². The van der Waals surface area contributed by atoms with E-state index in [1.807, 2.05) is 6.07 Å². The van der Waals surface area contributed by atoms with E-state index in [4.69, 9.17) is 0 Å². The highest BCUT2D eigenvalue weighted by molar-refractivity contribution is 5.93. The van der Waals surface area contributed by atoms with Gasteiger partial charge in [0.15, 0.2) is 6.20 Å². The fourth-order valence-corrected chi connectivity index (χ4v) is 2.36. The smallest absolute Gasteiger partial charge is 0.259 e. The van der Waals surface area contributed by atoms with Gasteiger partial charge in [-0.2, -0.15) is 4.73 Å². The third-order valence-electron chi connectivity index (χ3n) is 3.66. The highest BCUT2D eigenvalue weighted by Crippen LogP contribution is 2.26. The predicted octanol–water partition coefficient (Wildman–Crippen LogP) is 2.34. The molecule has 0 unspecified atom stereocenters. The van der Waals surface area contributed by atoms with Gasteiger partial charge in [0.05, 0.1) is 5.92 Å². The number of hydrogen-bond donors (Lipinski definition) is 0. The third kappa shape index (κ3) is 3.46. The first kappa shape index (κ1) is 15.6. The van der Waals surface area contributed by atoms with Gasteiger partial charge in [-0.1, -0.05) is 30.3 Å². The van der Waals surface area contributed by atoms with Crippen molar-refractivity contribution >= 4 is 5.78 Å². The number of ketones is 1. The highest BCUT2D eigenvalue weighted by Gasteiger charge is 2.32. The molecule has 1 heterocycles. The minimum atomic E-state index is -0.921. The SMILES string of the molecule is C[C@H]([C@H](CC(=O)c1cccc[n+]1[O-])c1ccccc1)[N+](=O)[O-]. The number of nitro groups is 1. The van der Waals surface area contributed by atoms with Crippen LogP contribution in [0.25, 0.3) is 0 Å². The van der Waals surface area contributed by atoms with Gasteiger partial charge >= 0.3 is 0 Å². The molecule has 0 amide bonds. The zero-order valence-corrected chi connectivity index (χ0v) is 12.1. The topological polar surface area (TPSA) is 87.2 Å². The maximum Gasteiger partial charge on any atom is 0.259 e. The molecule has 0 radical (unpaired) electrons. The number of nitrogens with zero attached hydrogens (tertiary/aromatic N) is 2. The average molecular weight is 300 g/mol. The van der Waals surface area contributed by atoms with Gasteiger partial charge in [-0.3, -0.25) is 14.9 Å². The van der Waals surface area contributed by atoms with Crippen molar-refractivity contribution in [2.75, 3.05) is 0 Å². The maximum atomic E-state index is 12.3. The molecular formula is C16H16N2O4. The van der Waals surface area contributed by atoms with Crippen LogP contribution in [-0.4, -0.2) is 16.7 Å². The number of carbonyl (C=O) groups is 1. The number of hydrogen-bond acceptors (Lipinski definition) is 4. The number of rotatable bonds is 6. The van der Waals surface area contributed by atoms with Crippen LogP contribution < -0.4 is 4.73 Å². The number of aromatic nitrogens is 1. The second-order valence-electron chi connectivity index (χ2n) is 5.08. The summed E-state index contributed by atoms with van der Waals surface area (Å²) < 4.78 is 0.487. The van der Waals surface area contributed by atoms with Gasteiger partial charge in [0.2, 0.25) is 11.8 Å². The molecule has 2 atom stereocenters. The minimum absolute atomic E-state index is 0.000945. The zero-order chi connectivity index (χ0) is 16.1. The van der Waals surface area contributed by atoms with E-state index in [1.54, 1.807) is 30.3 Å². The summed E-state index contributed by atoms with van der Waals surface area (Å²) in [5.41, 5.74) is 0.715. The summed E-state index contributed by atoms with van der Waals surface area (Å²) in [5.74, 6) is -0.984. The normalized spacial score (nSPS) is 13.3. The molecule has 0 N–H and O–H groups in total. The van der Waals surface area contributed by atoms with E-state index in [1.165, 1.54) is 25.3 Å². The van der Waals surface area contributed by atoms with Crippen molar-refractivity contribution in [2.45, 2.75) is 25.3 Å². The molecule has 0 aliphatic carbocycles. The Hall–Kier alpha value is -2.76. The number of carbonyl (C=O) groups excluding carboxylic acids is 1. The Kier molecular flexibility index (Phi) is 4.83. The second-order valence-corrected chi connectivity index (χ2v) is 5.08. The van der Waals surface area contributed by atoms with E-state index in [9.17, 15) is 20.1 Å². The minimum Gasteiger partial charge on any atom is -0.618 e. The average Bonchev–Trinajstić information content (AvgIpc) is 2.53. The van der Waals surface area contributed by atoms with Crippen LogP contribution in [0.15, 0.2) is 54.7 Å². The van der Waals surface area contributed by atoms with Crippen LogP contribution in [0, 0.1) is 15.3 Å². The summed E-state index contributed by atoms with van der Waals surface area (Å²) in [6.45, 7) is 1.47. The fourth-order valence-electron chi connectivity index (χ4n) is 2.36. The van der Waals surface area contributed by atoms with E-state index in [-0.39, 0.29) is 12.1 Å². The first-order valence-corrected chi connectivity index (χ1v) is 6.90. The summed E-state index contributed by atoms with van der Waals surface area (Å²) in [6, 6.07) is 12.5. The summed E-state index contributed by atoms with van der Waals surface area (Å²) in [6.07, 6.45) is 1.15. The van der Waals surface area contributed by atoms with Crippen molar-refractivity contribution in [2.24, 2.45) is 0 Å². The fraction of sp³-hybridized carbons (Fsp3) is 0.250. The summed E-state index contributed by atoms with van der Waals surface area (Å²) >= 11 is 0. The Balaban J connectivity index is 2.29. The largest absolute Gasteiger partial charge is 0.618 e. The number of pyridine rings is 1. The van der Waals surface area contributed by atoms with Crippen LogP contribution in [0.4, 0.5) is 0 Å². The second kappa shape index (κ2) is 6.80. The van der Waals surface area contributed by atoms with Crippen LogP contribution in [0.2, 0.25) is 0 Å². The lowest BCUT2D eigenvalue weighted by Gasteiger charge is -2.17. The summed E-state index contributed by atoms with van der Waals surface area (Å²) in [7, 11) is 0. The zero-order valence-electron chi connectivity index (χ0n) is 12.1. The van der Waals surface area contributed by atoms with Crippen LogP contribution >= 0.6 is 0 Å². The first-order valence-electron chi connectivity index (χ1n) is 6.90. The quantitative estimate of drug-likeness (QED) is 0.269. The lowest BCUT2D eigenvalue weighted by Crippen LogP contribution is -2.35. The molecule has 0 fully saturated rings. The molecule has 22 heavy (non-hydrogen) atoms. The molecule has 0 aliphatic rings. The lowest BCUT2D eigenvalue weighted by atomic mass is 9.87. The maximum absolute atomic E-state index is 12.3. The lowest BCUT2D eigenvalue weighted by molar-refractivity contribution is -0.607. The van der Waals surface area contributed by atoms with Crippen molar-refractivity contribution < 1.29 is 14.4 Å². The molecule has 2 aromatic rings. The molecule has 0 saturated carbocycles. The molecule has 2 rings (SSSR count). The first-order chi connectivity index (χ1) is 10.5. The van der Waals surface area contributed by atoms with E-state index >= 15 is 0 Å². The van der Waals surface area contributed by atoms with Crippen molar-refractivity contribution in [3.05, 3.63) is 81.3 Å². The van der Waals surface area contributed by atoms with Crippen molar-refractivity contribution in [3.8, 4) is 0 Å². The van der Waals surface area contributed by atoms with Gasteiger partial charge in [0, 0.05) is 30.4 Å². The van der Waals surface area contributed by atoms with Gasteiger partial charge < -0.3 is 5.21 Å². The van der Waals surface area contributed by atoms with Gasteiger partial charge in [-0.05, 0) is 11.6 Å². The van der Waals surface area contributed by atoms with Gasteiger partial charge in [-0.15, -0.1) is 0 Å².